The third kappa shape index (κ3) is 60.6. The van der Waals surface area contributed by atoms with Gasteiger partial charge in [-0.1, -0.05) is 293 Å². The van der Waals surface area contributed by atoms with Crippen molar-refractivity contribution in [2.75, 3.05) is 47.5 Å². The number of rotatable bonds is 61. The summed E-state index contributed by atoms with van der Waals surface area (Å²) < 4.78 is 22.8. The fraction of sp³-hybridized carbons (Fsp3) is 0.812. The van der Waals surface area contributed by atoms with Crippen LogP contribution in [0.3, 0.4) is 0 Å². The van der Waals surface area contributed by atoms with Crippen molar-refractivity contribution in [2.45, 2.75) is 315 Å². The standard InChI is InChI=1S/C69H125NO8/c1-6-8-10-12-14-16-18-20-22-24-25-26-27-28-29-30-31-32-33-34-35-36-37-38-39-40-41-42-43-44-46-48-50-52-54-56-58-60-67(72)78-65(64-77-69(68(73)74)75-62-61-70(3,4)5)63-76-66(71)59-57-55-53-51-49-47-45-23-21-19-17-15-13-11-9-7-2/h8,10,14,16,20,22,25-26,28-29,65,69H,6-7,9,11-13,15,17-19,21,23-24,27,30-64H2,1-5H3/b10-8-,16-14-,22-20-,26-25-,29-28-. The Bertz CT molecular complexity index is 1460. The van der Waals surface area contributed by atoms with Crippen molar-refractivity contribution in [3.63, 3.8) is 0 Å². The summed E-state index contributed by atoms with van der Waals surface area (Å²) in [6.45, 7) is 4.68. The molecule has 2 atom stereocenters. The Kier molecular flexibility index (Phi) is 57.8. The van der Waals surface area contributed by atoms with Crippen LogP contribution in [0.5, 0.6) is 0 Å². The SMILES string of the molecule is CC/C=C\C/C=C\C/C=C\C/C=C\C/C=C\CCCCCCCCCCCCCCCCCCCCCCCC(=O)OC(COC(=O)CCCCCCCCCCCCCCCCCC)COC(OCC[N+](C)(C)C)C(=O)[O-]. The van der Waals surface area contributed by atoms with Gasteiger partial charge < -0.3 is 33.3 Å². The molecule has 0 fully saturated rings. The lowest BCUT2D eigenvalue weighted by atomic mass is 10.0. The normalized spacial score (nSPS) is 13.1. The minimum Gasteiger partial charge on any atom is -0.545 e. The quantitative estimate of drug-likeness (QED) is 0.0195. The summed E-state index contributed by atoms with van der Waals surface area (Å²) in [5.41, 5.74) is 0. The average Bonchev–Trinajstić information content (AvgIpc) is 3.41. The third-order valence-electron chi connectivity index (χ3n) is 14.5. The van der Waals surface area contributed by atoms with E-state index in [-0.39, 0.29) is 32.2 Å². The number of aliphatic carboxylic acids is 1. The highest BCUT2D eigenvalue weighted by molar-refractivity contribution is 5.70. The number of hydrogen-bond acceptors (Lipinski definition) is 8. The Morgan fingerprint density at radius 3 is 1.09 bits per heavy atom. The molecule has 0 heterocycles. The lowest BCUT2D eigenvalue weighted by Gasteiger charge is -2.26. The Morgan fingerprint density at radius 2 is 0.731 bits per heavy atom. The minimum absolute atomic E-state index is 0.150. The van der Waals surface area contributed by atoms with Crippen LogP contribution in [-0.4, -0.2) is 82.3 Å². The second-order valence-corrected chi connectivity index (χ2v) is 23.4. The number of likely N-dealkylation sites (N-methyl/N-ethyl adjacent to an activating group) is 1. The maximum Gasteiger partial charge on any atom is 0.306 e. The molecule has 0 amide bonds. The molecular formula is C69H125NO8. The molecule has 454 valence electrons. The van der Waals surface area contributed by atoms with Gasteiger partial charge in [0.1, 0.15) is 13.2 Å². The summed E-state index contributed by atoms with van der Waals surface area (Å²) in [5, 5.41) is 11.8. The van der Waals surface area contributed by atoms with Gasteiger partial charge in [0.15, 0.2) is 12.4 Å². The number of carboxylic acids is 1. The number of hydrogen-bond donors (Lipinski definition) is 0. The number of unbranched alkanes of at least 4 members (excludes halogenated alkanes) is 36. The van der Waals surface area contributed by atoms with Gasteiger partial charge in [-0.3, -0.25) is 9.59 Å². The van der Waals surface area contributed by atoms with E-state index in [1.54, 1.807) is 0 Å². The van der Waals surface area contributed by atoms with Crippen molar-refractivity contribution in [1.29, 1.82) is 0 Å². The first-order valence-corrected chi connectivity index (χ1v) is 32.9. The van der Waals surface area contributed by atoms with Crippen molar-refractivity contribution in [3.8, 4) is 0 Å². The number of esters is 2. The summed E-state index contributed by atoms with van der Waals surface area (Å²) in [7, 11) is 5.93. The van der Waals surface area contributed by atoms with Gasteiger partial charge in [0.2, 0.25) is 0 Å². The minimum atomic E-state index is -1.62. The summed E-state index contributed by atoms with van der Waals surface area (Å²) in [4.78, 5) is 37.3. The zero-order chi connectivity index (χ0) is 56.9. The highest BCUT2D eigenvalue weighted by atomic mass is 16.7. The van der Waals surface area contributed by atoms with E-state index in [0.29, 0.717) is 17.4 Å². The van der Waals surface area contributed by atoms with Crippen LogP contribution in [-0.2, 0) is 33.3 Å². The molecule has 0 bridgehead atoms. The molecule has 0 aliphatic carbocycles. The molecule has 0 spiro atoms. The molecule has 0 rings (SSSR count). The Labute approximate surface area is 482 Å². The summed E-state index contributed by atoms with van der Waals surface area (Å²) in [6.07, 6.45) is 74.4. The van der Waals surface area contributed by atoms with Gasteiger partial charge in [-0.2, -0.15) is 0 Å². The summed E-state index contributed by atoms with van der Waals surface area (Å²) in [5.74, 6) is -2.26. The van der Waals surface area contributed by atoms with E-state index >= 15 is 0 Å². The molecule has 0 saturated carbocycles. The molecule has 0 aromatic rings. The first-order chi connectivity index (χ1) is 38.1. The van der Waals surface area contributed by atoms with Crippen molar-refractivity contribution in [1.82, 2.24) is 0 Å². The molecular weight excluding hydrogens is 971 g/mol. The number of ether oxygens (including phenoxy) is 4. The molecule has 0 N–H and O–H groups in total. The average molecular weight is 1100 g/mol. The van der Waals surface area contributed by atoms with Gasteiger partial charge >= 0.3 is 11.9 Å². The van der Waals surface area contributed by atoms with E-state index in [1.807, 2.05) is 21.1 Å². The highest BCUT2D eigenvalue weighted by Crippen LogP contribution is 2.18. The molecule has 0 aromatic carbocycles. The first kappa shape index (κ1) is 75.0. The van der Waals surface area contributed by atoms with Crippen LogP contribution >= 0.6 is 0 Å². The number of allylic oxidation sites excluding steroid dienone is 10. The molecule has 0 radical (unpaired) electrons. The predicted molar refractivity (Wildman–Crippen MR) is 329 cm³/mol. The van der Waals surface area contributed by atoms with Crippen LogP contribution in [0.1, 0.15) is 303 Å². The zero-order valence-electron chi connectivity index (χ0n) is 51.8. The van der Waals surface area contributed by atoms with Gasteiger partial charge in [0.05, 0.1) is 40.3 Å². The van der Waals surface area contributed by atoms with E-state index in [2.05, 4.69) is 74.6 Å². The lowest BCUT2D eigenvalue weighted by molar-refractivity contribution is -0.870. The molecule has 0 aromatic heterocycles. The first-order valence-electron chi connectivity index (χ1n) is 32.9. The maximum absolute atomic E-state index is 12.9. The van der Waals surface area contributed by atoms with Crippen molar-refractivity contribution < 1.29 is 42.9 Å². The van der Waals surface area contributed by atoms with E-state index in [1.165, 1.54) is 205 Å². The predicted octanol–water partition coefficient (Wildman–Crippen LogP) is 18.6. The molecule has 0 aliphatic heterocycles. The van der Waals surface area contributed by atoms with E-state index in [0.717, 1.165) is 70.6 Å². The largest absolute Gasteiger partial charge is 0.545 e. The number of nitrogens with zero attached hydrogens (tertiary/aromatic N) is 1. The molecule has 78 heavy (non-hydrogen) atoms. The smallest absolute Gasteiger partial charge is 0.306 e. The summed E-state index contributed by atoms with van der Waals surface area (Å²) in [6, 6.07) is 0. The zero-order valence-corrected chi connectivity index (χ0v) is 51.8. The Morgan fingerprint density at radius 1 is 0.397 bits per heavy atom. The van der Waals surface area contributed by atoms with Gasteiger partial charge in [-0.15, -0.1) is 0 Å². The molecule has 0 aliphatic rings. The molecule has 9 nitrogen and oxygen atoms in total. The third-order valence-corrected chi connectivity index (χ3v) is 14.5. The van der Waals surface area contributed by atoms with Gasteiger partial charge in [-0.25, -0.2) is 0 Å². The highest BCUT2D eigenvalue weighted by Gasteiger charge is 2.22. The molecule has 0 saturated heterocycles. The second kappa shape index (κ2) is 60.1. The van der Waals surface area contributed by atoms with Crippen LogP contribution in [0.4, 0.5) is 0 Å². The van der Waals surface area contributed by atoms with Crippen LogP contribution in [0.15, 0.2) is 60.8 Å². The number of carbonyl (C=O) groups is 3. The van der Waals surface area contributed by atoms with Gasteiger partial charge in [-0.05, 0) is 57.8 Å². The maximum atomic E-state index is 12.9. The van der Waals surface area contributed by atoms with E-state index in [9.17, 15) is 19.5 Å². The van der Waals surface area contributed by atoms with Crippen molar-refractivity contribution >= 4 is 17.9 Å². The van der Waals surface area contributed by atoms with Gasteiger partial charge in [0, 0.05) is 12.8 Å². The molecule has 9 heteroatoms. The van der Waals surface area contributed by atoms with E-state index in [4.69, 9.17) is 18.9 Å². The fourth-order valence-electron chi connectivity index (χ4n) is 9.51. The van der Waals surface area contributed by atoms with Gasteiger partial charge in [0.25, 0.3) is 0 Å². The number of carbonyl (C=O) groups excluding carboxylic acids is 3. The topological polar surface area (TPSA) is 111 Å². The Hall–Kier alpha value is -3.01. The van der Waals surface area contributed by atoms with E-state index < -0.39 is 24.3 Å². The Balaban J connectivity index is 4.01. The van der Waals surface area contributed by atoms with Crippen molar-refractivity contribution in [2.24, 2.45) is 0 Å². The molecule has 2 unspecified atom stereocenters. The second-order valence-electron chi connectivity index (χ2n) is 23.4. The summed E-state index contributed by atoms with van der Waals surface area (Å²) >= 11 is 0. The number of quaternary nitrogens is 1. The number of carboxylic acid groups (broad SMARTS) is 1. The van der Waals surface area contributed by atoms with Crippen molar-refractivity contribution in [3.05, 3.63) is 60.8 Å². The monoisotopic (exact) mass is 1100 g/mol. The fourth-order valence-corrected chi connectivity index (χ4v) is 9.51. The van der Waals surface area contributed by atoms with Crippen LogP contribution < -0.4 is 5.11 Å². The lowest BCUT2D eigenvalue weighted by Crippen LogP contribution is -2.44. The van der Waals surface area contributed by atoms with Crippen LogP contribution in [0, 0.1) is 0 Å². The van der Waals surface area contributed by atoms with Crippen LogP contribution in [0.2, 0.25) is 0 Å². The van der Waals surface area contributed by atoms with Crippen LogP contribution in [0.25, 0.3) is 0 Å².